The van der Waals surface area contributed by atoms with Crippen LogP contribution >= 0.6 is 0 Å². The van der Waals surface area contributed by atoms with Crippen molar-refractivity contribution >= 4 is 23.9 Å². The number of ether oxygens (including phenoxy) is 3. The number of piperazine rings is 1. The summed E-state index contributed by atoms with van der Waals surface area (Å²) >= 11 is 0. The topological polar surface area (TPSA) is 102 Å². The summed E-state index contributed by atoms with van der Waals surface area (Å²) in [5, 5.41) is 0. The lowest BCUT2D eigenvalue weighted by Gasteiger charge is -2.44. The Morgan fingerprint density at radius 3 is 2.29 bits per heavy atom. The van der Waals surface area contributed by atoms with Crippen LogP contribution in [0, 0.1) is 0 Å². The second-order valence-electron chi connectivity index (χ2n) is 8.08. The van der Waals surface area contributed by atoms with E-state index in [0.717, 1.165) is 9.80 Å². The van der Waals surface area contributed by atoms with Gasteiger partial charge in [0, 0.05) is 18.7 Å². The SMILES string of the molecule is C=CCOC(=O)C1(C)C(=O)N(C(=O)c2ccc(OC)cc2)CCN1C(=O)OC(C)(C)C. The Morgan fingerprint density at radius 1 is 1.16 bits per heavy atom. The zero-order valence-electron chi connectivity index (χ0n) is 18.5. The summed E-state index contributed by atoms with van der Waals surface area (Å²) in [5.41, 5.74) is -2.69. The molecule has 31 heavy (non-hydrogen) atoms. The van der Waals surface area contributed by atoms with Crippen molar-refractivity contribution < 1.29 is 33.4 Å². The number of amides is 3. The molecule has 1 aliphatic heterocycles. The molecule has 0 bridgehead atoms. The number of hydrogen-bond donors (Lipinski definition) is 0. The van der Waals surface area contributed by atoms with Gasteiger partial charge in [0.1, 0.15) is 18.0 Å². The van der Waals surface area contributed by atoms with E-state index in [1.54, 1.807) is 32.9 Å². The average molecular weight is 432 g/mol. The highest BCUT2D eigenvalue weighted by Crippen LogP contribution is 2.28. The Kier molecular flexibility index (Phi) is 7.09. The summed E-state index contributed by atoms with van der Waals surface area (Å²) in [6.07, 6.45) is 0.488. The Morgan fingerprint density at radius 2 is 1.77 bits per heavy atom. The van der Waals surface area contributed by atoms with Crippen LogP contribution in [0.5, 0.6) is 5.75 Å². The fourth-order valence-corrected chi connectivity index (χ4v) is 3.05. The molecule has 0 aliphatic carbocycles. The van der Waals surface area contributed by atoms with E-state index in [1.165, 1.54) is 32.2 Å². The highest BCUT2D eigenvalue weighted by Gasteiger charge is 2.57. The summed E-state index contributed by atoms with van der Waals surface area (Å²) in [7, 11) is 1.50. The Hall–Kier alpha value is -3.36. The average Bonchev–Trinajstić information content (AvgIpc) is 2.72. The summed E-state index contributed by atoms with van der Waals surface area (Å²) < 4.78 is 15.5. The predicted octanol–water partition coefficient (Wildman–Crippen LogP) is 2.40. The van der Waals surface area contributed by atoms with Gasteiger partial charge in [0.25, 0.3) is 11.8 Å². The van der Waals surface area contributed by atoms with Gasteiger partial charge < -0.3 is 14.2 Å². The van der Waals surface area contributed by atoms with Crippen molar-refractivity contribution in [3.8, 4) is 5.75 Å². The standard InChI is InChI=1S/C22H28N2O7/c1-7-14-30-19(27)22(5)18(26)23(12-13-24(22)20(28)31-21(2,3)4)17(25)15-8-10-16(29-6)11-9-15/h7-11H,1,12-14H2,2-6H3. The molecule has 2 rings (SSSR count). The van der Waals surface area contributed by atoms with Gasteiger partial charge in [-0.3, -0.25) is 19.4 Å². The minimum atomic E-state index is -2.08. The van der Waals surface area contributed by atoms with Gasteiger partial charge in [-0.25, -0.2) is 9.59 Å². The fourth-order valence-electron chi connectivity index (χ4n) is 3.05. The first kappa shape index (κ1) is 23.9. The second-order valence-corrected chi connectivity index (χ2v) is 8.08. The third-order valence-corrected chi connectivity index (χ3v) is 4.67. The molecule has 0 saturated carbocycles. The molecule has 1 atom stereocenters. The molecule has 1 saturated heterocycles. The maximum absolute atomic E-state index is 13.4. The number of benzene rings is 1. The smallest absolute Gasteiger partial charge is 0.411 e. The second kappa shape index (κ2) is 9.20. The van der Waals surface area contributed by atoms with Crippen LogP contribution in [0.2, 0.25) is 0 Å². The van der Waals surface area contributed by atoms with Crippen LogP contribution in [0.1, 0.15) is 38.1 Å². The molecular formula is C22H28N2O7. The van der Waals surface area contributed by atoms with Gasteiger partial charge >= 0.3 is 12.1 Å². The number of methoxy groups -OCH3 is 1. The van der Waals surface area contributed by atoms with Crippen LogP contribution in [0.25, 0.3) is 0 Å². The summed E-state index contributed by atoms with van der Waals surface area (Å²) in [6, 6.07) is 6.21. The number of nitrogens with zero attached hydrogens (tertiary/aromatic N) is 2. The van der Waals surface area contributed by atoms with E-state index in [1.807, 2.05) is 0 Å². The van der Waals surface area contributed by atoms with Crippen LogP contribution in [-0.2, 0) is 19.1 Å². The summed E-state index contributed by atoms with van der Waals surface area (Å²) in [4.78, 5) is 54.0. The molecule has 0 N–H and O–H groups in total. The van der Waals surface area contributed by atoms with Gasteiger partial charge in [0.05, 0.1) is 7.11 Å². The molecule has 0 aromatic heterocycles. The van der Waals surface area contributed by atoms with Gasteiger partial charge in [-0.05, 0) is 52.0 Å². The molecule has 1 aromatic carbocycles. The maximum Gasteiger partial charge on any atom is 0.411 e. The monoisotopic (exact) mass is 432 g/mol. The minimum absolute atomic E-state index is 0.0950. The largest absolute Gasteiger partial charge is 0.497 e. The van der Waals surface area contributed by atoms with Crippen molar-refractivity contribution in [3.63, 3.8) is 0 Å². The van der Waals surface area contributed by atoms with Crippen molar-refractivity contribution in [2.24, 2.45) is 0 Å². The van der Waals surface area contributed by atoms with Crippen LogP contribution in [0.3, 0.4) is 0 Å². The maximum atomic E-state index is 13.4. The van der Waals surface area contributed by atoms with E-state index in [-0.39, 0.29) is 25.3 Å². The first-order chi connectivity index (χ1) is 14.5. The molecular weight excluding hydrogens is 404 g/mol. The quantitative estimate of drug-likeness (QED) is 0.305. The Labute approximate surface area is 181 Å². The first-order valence-electron chi connectivity index (χ1n) is 9.74. The van der Waals surface area contributed by atoms with E-state index in [2.05, 4.69) is 6.58 Å². The van der Waals surface area contributed by atoms with Crippen LogP contribution in [0.15, 0.2) is 36.9 Å². The predicted molar refractivity (Wildman–Crippen MR) is 112 cm³/mol. The molecule has 1 aromatic rings. The zero-order valence-corrected chi connectivity index (χ0v) is 18.5. The number of rotatable bonds is 5. The number of imide groups is 1. The Bertz CT molecular complexity index is 873. The van der Waals surface area contributed by atoms with Crippen molar-refractivity contribution in [1.82, 2.24) is 9.80 Å². The summed E-state index contributed by atoms with van der Waals surface area (Å²) in [6.45, 7) is 9.38. The lowest BCUT2D eigenvalue weighted by Crippen LogP contribution is -2.70. The number of carbonyl (C=O) groups is 4. The number of esters is 1. The van der Waals surface area contributed by atoms with Gasteiger partial charge in [-0.1, -0.05) is 12.7 Å². The lowest BCUT2D eigenvalue weighted by molar-refractivity contribution is -0.168. The van der Waals surface area contributed by atoms with Crippen molar-refractivity contribution in [1.29, 1.82) is 0 Å². The van der Waals surface area contributed by atoms with E-state index in [0.29, 0.717) is 5.75 Å². The third-order valence-electron chi connectivity index (χ3n) is 4.67. The molecule has 3 amide bonds. The molecule has 168 valence electrons. The molecule has 1 aliphatic rings. The van der Waals surface area contributed by atoms with Gasteiger partial charge in [-0.2, -0.15) is 0 Å². The zero-order chi connectivity index (χ0) is 23.4. The van der Waals surface area contributed by atoms with Gasteiger partial charge in [0.15, 0.2) is 0 Å². The molecule has 0 radical (unpaired) electrons. The molecule has 9 heteroatoms. The normalized spacial score (nSPS) is 18.9. The number of hydrogen-bond acceptors (Lipinski definition) is 7. The van der Waals surface area contributed by atoms with E-state index < -0.39 is 35.0 Å². The number of carbonyl (C=O) groups excluding carboxylic acids is 4. The highest BCUT2D eigenvalue weighted by atomic mass is 16.6. The fraction of sp³-hybridized carbons (Fsp3) is 0.455. The molecule has 1 unspecified atom stereocenters. The Balaban J connectivity index is 2.39. The van der Waals surface area contributed by atoms with E-state index in [4.69, 9.17) is 14.2 Å². The summed E-state index contributed by atoms with van der Waals surface area (Å²) in [5.74, 6) is -1.90. The minimum Gasteiger partial charge on any atom is -0.497 e. The van der Waals surface area contributed by atoms with Crippen LogP contribution < -0.4 is 4.74 Å². The third kappa shape index (κ3) is 5.04. The molecule has 0 spiro atoms. The van der Waals surface area contributed by atoms with Gasteiger partial charge in [0.2, 0.25) is 5.54 Å². The lowest BCUT2D eigenvalue weighted by atomic mass is 9.94. The van der Waals surface area contributed by atoms with Crippen LogP contribution in [0.4, 0.5) is 4.79 Å². The van der Waals surface area contributed by atoms with Gasteiger partial charge in [-0.15, -0.1) is 0 Å². The molecule has 1 fully saturated rings. The van der Waals surface area contributed by atoms with Crippen LogP contribution in [-0.4, -0.2) is 71.6 Å². The van der Waals surface area contributed by atoms with E-state index in [9.17, 15) is 19.2 Å². The van der Waals surface area contributed by atoms with E-state index >= 15 is 0 Å². The molecule has 9 nitrogen and oxygen atoms in total. The van der Waals surface area contributed by atoms with Crippen molar-refractivity contribution in [2.75, 3.05) is 26.8 Å². The first-order valence-corrected chi connectivity index (χ1v) is 9.74. The van der Waals surface area contributed by atoms with Crippen molar-refractivity contribution in [2.45, 2.75) is 38.8 Å². The van der Waals surface area contributed by atoms with Crippen molar-refractivity contribution in [3.05, 3.63) is 42.5 Å². The highest BCUT2D eigenvalue weighted by molar-refractivity contribution is 6.16. The molecule has 1 heterocycles.